The Bertz CT molecular complexity index is 981. The van der Waals surface area contributed by atoms with Gasteiger partial charge in [0.2, 0.25) is 11.1 Å². The van der Waals surface area contributed by atoms with Crippen molar-refractivity contribution in [2.24, 2.45) is 0 Å². The lowest BCUT2D eigenvalue weighted by atomic mass is 10.2. The van der Waals surface area contributed by atoms with Gasteiger partial charge in [0.25, 0.3) is 0 Å². The first-order chi connectivity index (χ1) is 12.8. The molecule has 144 valence electrons. The Hall–Kier alpha value is -2.06. The lowest BCUT2D eigenvalue weighted by molar-refractivity contribution is -0.131. The zero-order chi connectivity index (χ0) is 19.7. The lowest BCUT2D eigenvalue weighted by Gasteiger charge is -2.30. The standard InChI is InChI=1S/C18H22ClN5O2S/c1-9(2)24(10(3)4)13(25)8-27-18-21-17-16(22-23-18)14-11(19)6-7-12(26-5)15(14)20-17/h6-7,9-10H,8H2,1-5H3,(H,20,21,23). The van der Waals surface area contributed by atoms with E-state index in [-0.39, 0.29) is 23.7 Å². The van der Waals surface area contributed by atoms with Gasteiger partial charge in [-0.1, -0.05) is 23.4 Å². The van der Waals surface area contributed by atoms with Crippen LogP contribution < -0.4 is 4.74 Å². The normalized spacial score (nSPS) is 11.7. The molecule has 0 aliphatic carbocycles. The summed E-state index contributed by atoms with van der Waals surface area (Å²) in [6, 6.07) is 3.82. The van der Waals surface area contributed by atoms with Crippen LogP contribution in [0.15, 0.2) is 17.3 Å². The molecule has 0 fully saturated rings. The highest BCUT2D eigenvalue weighted by Crippen LogP contribution is 2.35. The van der Waals surface area contributed by atoms with Crippen molar-refractivity contribution in [1.29, 1.82) is 0 Å². The first-order valence-electron chi connectivity index (χ1n) is 8.66. The highest BCUT2D eigenvalue weighted by Gasteiger charge is 2.21. The number of halogens is 1. The van der Waals surface area contributed by atoms with Crippen LogP contribution in [0.3, 0.4) is 0 Å². The maximum Gasteiger partial charge on any atom is 0.233 e. The molecule has 0 spiro atoms. The highest BCUT2D eigenvalue weighted by atomic mass is 35.5. The van der Waals surface area contributed by atoms with Crippen molar-refractivity contribution in [3.8, 4) is 5.75 Å². The van der Waals surface area contributed by atoms with Crippen LogP contribution in [0.5, 0.6) is 5.75 Å². The zero-order valence-corrected chi connectivity index (χ0v) is 17.5. The van der Waals surface area contributed by atoms with Crippen molar-refractivity contribution in [3.63, 3.8) is 0 Å². The second kappa shape index (κ2) is 7.90. The van der Waals surface area contributed by atoms with Gasteiger partial charge in [-0.05, 0) is 39.8 Å². The average molecular weight is 408 g/mol. The molecule has 3 rings (SSSR count). The van der Waals surface area contributed by atoms with Crippen LogP contribution in [0.1, 0.15) is 27.7 Å². The van der Waals surface area contributed by atoms with Gasteiger partial charge in [0.1, 0.15) is 11.3 Å². The summed E-state index contributed by atoms with van der Waals surface area (Å²) in [5.41, 5.74) is 1.87. The summed E-state index contributed by atoms with van der Waals surface area (Å²) in [4.78, 5) is 22.1. The minimum Gasteiger partial charge on any atom is -0.495 e. The van der Waals surface area contributed by atoms with Gasteiger partial charge in [-0.15, -0.1) is 10.2 Å². The summed E-state index contributed by atoms with van der Waals surface area (Å²) in [7, 11) is 1.59. The number of ether oxygens (including phenoxy) is 1. The number of thioether (sulfide) groups is 1. The van der Waals surface area contributed by atoms with Crippen molar-refractivity contribution in [2.75, 3.05) is 12.9 Å². The number of hydrogen-bond donors (Lipinski definition) is 1. The Balaban J connectivity index is 1.88. The van der Waals surface area contributed by atoms with Crippen LogP contribution in [-0.4, -0.2) is 55.9 Å². The molecule has 2 heterocycles. The van der Waals surface area contributed by atoms with Gasteiger partial charge < -0.3 is 14.6 Å². The van der Waals surface area contributed by atoms with Crippen molar-refractivity contribution in [1.82, 2.24) is 25.1 Å². The summed E-state index contributed by atoms with van der Waals surface area (Å²) in [5.74, 6) is 0.964. The quantitative estimate of drug-likeness (QED) is 0.624. The number of hydrogen-bond acceptors (Lipinski definition) is 6. The van der Waals surface area contributed by atoms with Crippen LogP contribution in [0.4, 0.5) is 0 Å². The summed E-state index contributed by atoms with van der Waals surface area (Å²) < 4.78 is 5.37. The maximum atomic E-state index is 12.5. The molecule has 0 atom stereocenters. The molecule has 27 heavy (non-hydrogen) atoms. The Labute approximate surface area is 166 Å². The van der Waals surface area contributed by atoms with Crippen molar-refractivity contribution < 1.29 is 9.53 Å². The van der Waals surface area contributed by atoms with E-state index in [1.807, 2.05) is 32.6 Å². The van der Waals surface area contributed by atoms with Gasteiger partial charge in [0, 0.05) is 12.1 Å². The minimum atomic E-state index is 0.0510. The van der Waals surface area contributed by atoms with Gasteiger partial charge in [0.05, 0.1) is 28.8 Å². The van der Waals surface area contributed by atoms with Gasteiger partial charge in [-0.25, -0.2) is 4.98 Å². The molecular formula is C18H22ClN5O2S. The number of nitrogens with zero attached hydrogens (tertiary/aromatic N) is 4. The molecule has 0 bridgehead atoms. The van der Waals surface area contributed by atoms with Crippen LogP contribution >= 0.6 is 23.4 Å². The number of amides is 1. The molecular weight excluding hydrogens is 386 g/mol. The second-order valence-electron chi connectivity index (χ2n) is 6.69. The van der Waals surface area contributed by atoms with E-state index < -0.39 is 0 Å². The molecule has 0 radical (unpaired) electrons. The highest BCUT2D eigenvalue weighted by molar-refractivity contribution is 7.99. The van der Waals surface area contributed by atoms with Gasteiger partial charge in [-0.3, -0.25) is 4.79 Å². The van der Waals surface area contributed by atoms with Crippen molar-refractivity contribution >= 4 is 51.3 Å². The van der Waals surface area contributed by atoms with E-state index in [2.05, 4.69) is 20.2 Å². The molecule has 0 aliphatic rings. The van der Waals surface area contributed by atoms with Crippen LogP contribution in [0.2, 0.25) is 5.02 Å². The summed E-state index contributed by atoms with van der Waals surface area (Å²) >= 11 is 7.59. The summed E-state index contributed by atoms with van der Waals surface area (Å²) in [5, 5.41) is 10.1. The number of carbonyl (C=O) groups excluding carboxylic acids is 1. The Kier molecular flexibility index (Phi) is 5.76. The molecule has 1 N–H and O–H groups in total. The van der Waals surface area contributed by atoms with E-state index in [4.69, 9.17) is 16.3 Å². The first-order valence-corrected chi connectivity index (χ1v) is 10.0. The Morgan fingerprint density at radius 2 is 1.96 bits per heavy atom. The molecule has 9 heteroatoms. The molecule has 7 nitrogen and oxygen atoms in total. The topological polar surface area (TPSA) is 84.0 Å². The maximum absolute atomic E-state index is 12.5. The van der Waals surface area contributed by atoms with E-state index in [1.165, 1.54) is 11.8 Å². The fourth-order valence-electron chi connectivity index (χ4n) is 3.20. The SMILES string of the molecule is COc1ccc(Cl)c2c1[nH]c1nc(SCC(=O)N(C(C)C)C(C)C)nnc12. The molecule has 3 aromatic rings. The minimum absolute atomic E-state index is 0.0510. The molecule has 1 amide bonds. The van der Waals surface area contributed by atoms with Gasteiger partial charge in [0.15, 0.2) is 5.65 Å². The van der Waals surface area contributed by atoms with E-state index >= 15 is 0 Å². The largest absolute Gasteiger partial charge is 0.495 e. The molecule has 2 aromatic heterocycles. The Morgan fingerprint density at radius 1 is 1.26 bits per heavy atom. The lowest BCUT2D eigenvalue weighted by Crippen LogP contribution is -2.43. The third-order valence-corrected chi connectivity index (χ3v) is 5.35. The number of fused-ring (bicyclic) bond motifs is 3. The zero-order valence-electron chi connectivity index (χ0n) is 15.9. The number of carbonyl (C=O) groups is 1. The number of benzene rings is 1. The second-order valence-corrected chi connectivity index (χ2v) is 8.04. The fraction of sp³-hybridized carbons (Fsp3) is 0.444. The van der Waals surface area contributed by atoms with E-state index in [1.54, 1.807) is 19.2 Å². The molecule has 0 saturated heterocycles. The van der Waals surface area contributed by atoms with Crippen molar-refractivity contribution in [2.45, 2.75) is 44.9 Å². The van der Waals surface area contributed by atoms with E-state index in [0.717, 1.165) is 10.9 Å². The number of aromatic nitrogens is 4. The van der Waals surface area contributed by atoms with Crippen molar-refractivity contribution in [3.05, 3.63) is 17.2 Å². The smallest absolute Gasteiger partial charge is 0.233 e. The number of nitrogens with one attached hydrogen (secondary N) is 1. The summed E-state index contributed by atoms with van der Waals surface area (Å²) in [6.45, 7) is 8.03. The number of rotatable bonds is 6. The molecule has 0 aliphatic heterocycles. The molecule has 1 aromatic carbocycles. The molecule has 0 unspecified atom stereocenters. The Morgan fingerprint density at radius 3 is 2.59 bits per heavy atom. The predicted octanol–water partition coefficient (Wildman–Crippen LogP) is 3.91. The third kappa shape index (κ3) is 3.82. The number of methoxy groups -OCH3 is 1. The number of aromatic amines is 1. The summed E-state index contributed by atoms with van der Waals surface area (Å²) in [6.07, 6.45) is 0. The van der Waals surface area contributed by atoms with Gasteiger partial charge >= 0.3 is 0 Å². The fourth-order valence-corrected chi connectivity index (χ4v) is 4.11. The van der Waals surface area contributed by atoms with E-state index in [0.29, 0.717) is 27.1 Å². The molecule has 0 saturated carbocycles. The average Bonchev–Trinajstić information content (AvgIpc) is 2.99. The number of H-pyrrole nitrogens is 1. The third-order valence-electron chi connectivity index (χ3n) is 4.21. The van der Waals surface area contributed by atoms with E-state index in [9.17, 15) is 4.79 Å². The predicted molar refractivity (Wildman–Crippen MR) is 109 cm³/mol. The monoisotopic (exact) mass is 407 g/mol. The first kappa shape index (κ1) is 19.7. The van der Waals surface area contributed by atoms with Crippen LogP contribution in [0.25, 0.3) is 22.1 Å². The van der Waals surface area contributed by atoms with Crippen LogP contribution in [0, 0.1) is 0 Å². The van der Waals surface area contributed by atoms with Crippen LogP contribution in [-0.2, 0) is 4.79 Å². The van der Waals surface area contributed by atoms with Gasteiger partial charge in [-0.2, -0.15) is 0 Å².